The Labute approximate surface area is 192 Å². The first kappa shape index (κ1) is 24.1. The van der Waals surface area contributed by atoms with E-state index < -0.39 is 5.54 Å². The predicted molar refractivity (Wildman–Crippen MR) is 130 cm³/mol. The standard InChI is InChI=1S/C27H37N3O2/c1-3-28-27(26(32)30(22-31)21-25-12-7-9-23(2)14-15-25)16-19-29(20-17-27)18-8-13-24-10-5-4-6-11-24/h4-7,9-11,14-15,22,28H,3,8,12-13,16-21H2,1-2H3. The van der Waals surface area contributed by atoms with Crippen LogP contribution >= 0.6 is 0 Å². The van der Waals surface area contributed by atoms with Gasteiger partial charge < -0.3 is 10.2 Å². The van der Waals surface area contributed by atoms with Crippen molar-refractivity contribution in [1.29, 1.82) is 0 Å². The van der Waals surface area contributed by atoms with Gasteiger partial charge in [-0.05, 0) is 63.3 Å². The van der Waals surface area contributed by atoms with Crippen molar-refractivity contribution < 1.29 is 9.59 Å². The monoisotopic (exact) mass is 435 g/mol. The van der Waals surface area contributed by atoms with Crippen molar-refractivity contribution in [3.63, 3.8) is 0 Å². The summed E-state index contributed by atoms with van der Waals surface area (Å²) in [5.74, 6) is -0.0897. The first-order valence-corrected chi connectivity index (χ1v) is 11.9. The lowest BCUT2D eigenvalue weighted by molar-refractivity contribution is -0.145. The number of carbonyl (C=O) groups is 2. The third-order valence-corrected chi connectivity index (χ3v) is 6.52. The summed E-state index contributed by atoms with van der Waals surface area (Å²) in [5, 5.41) is 3.45. The number of nitrogens with zero attached hydrogens (tertiary/aromatic N) is 2. The van der Waals surface area contributed by atoms with Gasteiger partial charge in [0.25, 0.3) is 0 Å². The molecule has 0 saturated carbocycles. The van der Waals surface area contributed by atoms with Gasteiger partial charge in [-0.2, -0.15) is 0 Å². The van der Waals surface area contributed by atoms with Crippen molar-refractivity contribution >= 4 is 12.3 Å². The molecule has 1 fully saturated rings. The molecular weight excluding hydrogens is 398 g/mol. The van der Waals surface area contributed by atoms with E-state index in [2.05, 4.69) is 52.7 Å². The molecule has 5 heteroatoms. The number of hydrogen-bond acceptors (Lipinski definition) is 4. The van der Waals surface area contributed by atoms with Crippen molar-refractivity contribution in [3.8, 4) is 0 Å². The molecule has 1 saturated heterocycles. The summed E-state index contributed by atoms with van der Waals surface area (Å²) < 4.78 is 0. The van der Waals surface area contributed by atoms with Gasteiger partial charge in [-0.1, -0.05) is 67.1 Å². The molecule has 0 atom stereocenters. The van der Waals surface area contributed by atoms with E-state index in [0.717, 1.165) is 57.3 Å². The average Bonchev–Trinajstić information content (AvgIpc) is 3.03. The molecule has 1 aliphatic heterocycles. The topological polar surface area (TPSA) is 52.7 Å². The third-order valence-electron chi connectivity index (χ3n) is 6.52. The molecule has 1 aromatic carbocycles. The summed E-state index contributed by atoms with van der Waals surface area (Å²) >= 11 is 0. The number of imide groups is 1. The van der Waals surface area contributed by atoms with Crippen LogP contribution in [0.5, 0.6) is 0 Å². The normalized spacial score (nSPS) is 18.4. The fourth-order valence-corrected chi connectivity index (χ4v) is 4.65. The maximum absolute atomic E-state index is 13.5. The Morgan fingerprint density at radius 3 is 2.62 bits per heavy atom. The Bertz CT molecular complexity index is 849. The van der Waals surface area contributed by atoms with Crippen LogP contribution in [0.25, 0.3) is 0 Å². The molecule has 0 unspecified atom stereocenters. The SMILES string of the molecule is CCNC1(C(=O)N(C=O)CC2=CC=C(C)C=CC2)CCN(CCCc2ccccc2)CC1. The molecule has 0 aromatic heterocycles. The minimum atomic E-state index is -0.654. The summed E-state index contributed by atoms with van der Waals surface area (Å²) in [7, 11) is 0. The highest BCUT2D eigenvalue weighted by atomic mass is 16.2. The molecule has 2 aliphatic rings. The highest BCUT2D eigenvalue weighted by Gasteiger charge is 2.43. The van der Waals surface area contributed by atoms with Crippen LogP contribution in [0.2, 0.25) is 0 Å². The molecule has 5 nitrogen and oxygen atoms in total. The summed E-state index contributed by atoms with van der Waals surface area (Å²) in [5.41, 5.74) is 2.96. The highest BCUT2D eigenvalue weighted by Crippen LogP contribution is 2.26. The van der Waals surface area contributed by atoms with E-state index in [1.165, 1.54) is 16.0 Å². The number of rotatable bonds is 10. The number of hydrogen-bond donors (Lipinski definition) is 1. The number of allylic oxidation sites excluding steroid dienone is 5. The minimum absolute atomic E-state index is 0.0897. The fourth-order valence-electron chi connectivity index (χ4n) is 4.65. The Hall–Kier alpha value is -2.50. The smallest absolute Gasteiger partial charge is 0.249 e. The number of likely N-dealkylation sites (tertiary alicyclic amines) is 1. The Morgan fingerprint density at radius 1 is 1.19 bits per heavy atom. The first-order chi connectivity index (χ1) is 15.6. The first-order valence-electron chi connectivity index (χ1n) is 11.9. The van der Waals surface area contributed by atoms with Crippen LogP contribution in [0.4, 0.5) is 0 Å². The molecule has 1 aliphatic carbocycles. The second kappa shape index (κ2) is 11.9. The van der Waals surface area contributed by atoms with E-state index in [4.69, 9.17) is 0 Å². The average molecular weight is 436 g/mol. The van der Waals surface area contributed by atoms with Gasteiger partial charge in [0.2, 0.25) is 12.3 Å². The van der Waals surface area contributed by atoms with E-state index in [9.17, 15) is 9.59 Å². The van der Waals surface area contributed by atoms with Gasteiger partial charge in [-0.3, -0.25) is 14.5 Å². The zero-order chi connectivity index (χ0) is 22.8. The molecule has 1 N–H and O–H groups in total. The van der Waals surface area contributed by atoms with Crippen LogP contribution in [-0.2, 0) is 16.0 Å². The summed E-state index contributed by atoms with van der Waals surface area (Å²) in [6.07, 6.45) is 13.4. The van der Waals surface area contributed by atoms with E-state index in [1.807, 2.05) is 26.0 Å². The Balaban J connectivity index is 1.57. The maximum Gasteiger partial charge on any atom is 0.249 e. The molecule has 172 valence electrons. The van der Waals surface area contributed by atoms with E-state index in [-0.39, 0.29) is 5.91 Å². The van der Waals surface area contributed by atoms with Crippen LogP contribution < -0.4 is 5.32 Å². The van der Waals surface area contributed by atoms with Crippen LogP contribution in [0.1, 0.15) is 45.1 Å². The van der Waals surface area contributed by atoms with Gasteiger partial charge in [0.1, 0.15) is 5.54 Å². The van der Waals surface area contributed by atoms with Gasteiger partial charge >= 0.3 is 0 Å². The Morgan fingerprint density at radius 2 is 1.94 bits per heavy atom. The second-order valence-corrected chi connectivity index (χ2v) is 8.92. The lowest BCUT2D eigenvalue weighted by Gasteiger charge is -2.42. The molecule has 0 bridgehead atoms. The van der Waals surface area contributed by atoms with Gasteiger partial charge in [-0.25, -0.2) is 0 Å². The summed E-state index contributed by atoms with van der Waals surface area (Å²) in [4.78, 5) is 29.3. The lowest BCUT2D eigenvalue weighted by Crippen LogP contribution is -2.62. The quantitative estimate of drug-likeness (QED) is 0.567. The van der Waals surface area contributed by atoms with E-state index in [0.29, 0.717) is 19.5 Å². The zero-order valence-corrected chi connectivity index (χ0v) is 19.6. The van der Waals surface area contributed by atoms with Gasteiger partial charge in [0, 0.05) is 19.6 Å². The van der Waals surface area contributed by atoms with E-state index >= 15 is 0 Å². The molecule has 2 amide bonds. The number of likely N-dealkylation sites (N-methyl/N-ethyl adjacent to an activating group) is 1. The van der Waals surface area contributed by atoms with Gasteiger partial charge in [-0.15, -0.1) is 0 Å². The second-order valence-electron chi connectivity index (χ2n) is 8.92. The predicted octanol–water partition coefficient (Wildman–Crippen LogP) is 3.88. The van der Waals surface area contributed by atoms with Crippen molar-refractivity contribution in [3.05, 3.63) is 71.3 Å². The molecule has 32 heavy (non-hydrogen) atoms. The van der Waals surface area contributed by atoms with Crippen LogP contribution in [0.3, 0.4) is 0 Å². The summed E-state index contributed by atoms with van der Waals surface area (Å²) in [6.45, 7) is 7.91. The maximum atomic E-state index is 13.5. The van der Waals surface area contributed by atoms with E-state index in [1.54, 1.807) is 0 Å². The summed E-state index contributed by atoms with van der Waals surface area (Å²) in [6, 6.07) is 10.6. The number of carbonyl (C=O) groups excluding carboxylic acids is 2. The zero-order valence-electron chi connectivity index (χ0n) is 19.6. The van der Waals surface area contributed by atoms with Crippen LogP contribution in [-0.4, -0.2) is 60.4 Å². The third kappa shape index (κ3) is 6.50. The van der Waals surface area contributed by atoms with Gasteiger partial charge in [0.05, 0.1) is 0 Å². The molecule has 3 rings (SSSR count). The molecule has 0 spiro atoms. The van der Waals surface area contributed by atoms with Crippen molar-refractivity contribution in [2.75, 3.05) is 32.7 Å². The van der Waals surface area contributed by atoms with Crippen LogP contribution in [0.15, 0.2) is 65.8 Å². The number of nitrogens with one attached hydrogen (secondary N) is 1. The largest absolute Gasteiger partial charge is 0.304 e. The molecular formula is C27H37N3O2. The molecule has 0 radical (unpaired) electrons. The van der Waals surface area contributed by atoms with Crippen LogP contribution in [0, 0.1) is 0 Å². The molecule has 1 heterocycles. The van der Waals surface area contributed by atoms with Crippen molar-refractivity contribution in [1.82, 2.24) is 15.1 Å². The number of benzene rings is 1. The lowest BCUT2D eigenvalue weighted by atomic mass is 9.85. The number of piperidine rings is 1. The Kier molecular flexibility index (Phi) is 9.00. The minimum Gasteiger partial charge on any atom is -0.304 e. The fraction of sp³-hybridized carbons (Fsp3) is 0.481. The van der Waals surface area contributed by atoms with Gasteiger partial charge in [0.15, 0.2) is 0 Å². The molecule has 1 aromatic rings. The number of aryl methyl sites for hydroxylation is 1. The van der Waals surface area contributed by atoms with Crippen molar-refractivity contribution in [2.24, 2.45) is 0 Å². The highest BCUT2D eigenvalue weighted by molar-refractivity contribution is 5.94. The van der Waals surface area contributed by atoms with Crippen molar-refractivity contribution in [2.45, 2.75) is 51.5 Å². The number of amides is 2.